The lowest BCUT2D eigenvalue weighted by Crippen LogP contribution is -2.00. The van der Waals surface area contributed by atoms with Crippen LogP contribution in [-0.4, -0.2) is 23.2 Å². The summed E-state index contributed by atoms with van der Waals surface area (Å²) in [6, 6.07) is 5.16. The predicted molar refractivity (Wildman–Crippen MR) is 56.9 cm³/mol. The second kappa shape index (κ2) is 3.96. The maximum atomic E-state index is 11.2. The summed E-state index contributed by atoms with van der Waals surface area (Å²) in [5, 5.41) is 9.56. The first-order chi connectivity index (χ1) is 7.24. The van der Waals surface area contributed by atoms with Crippen molar-refractivity contribution >= 4 is 27.5 Å². The average Bonchev–Trinajstić information content (AvgIpc) is 2.69. The van der Waals surface area contributed by atoms with Gasteiger partial charge in [-0.2, -0.15) is 0 Å². The van der Waals surface area contributed by atoms with Gasteiger partial charge in [0.05, 0.1) is 29.5 Å². The maximum absolute atomic E-state index is 11.2. The van der Waals surface area contributed by atoms with Crippen LogP contribution >= 0.6 is 11.3 Å². The normalized spacial score (nSPS) is 10.5. The Kier molecular flexibility index (Phi) is 2.66. The van der Waals surface area contributed by atoms with Gasteiger partial charge in [0.25, 0.3) is 0 Å². The van der Waals surface area contributed by atoms with Gasteiger partial charge in [-0.3, -0.25) is 0 Å². The van der Waals surface area contributed by atoms with Gasteiger partial charge in [0.15, 0.2) is 0 Å². The molecular weight excluding hydrogens is 214 g/mol. The van der Waals surface area contributed by atoms with Gasteiger partial charge in [-0.05, 0) is 18.2 Å². The third kappa shape index (κ3) is 1.84. The number of methoxy groups -OCH3 is 1. The van der Waals surface area contributed by atoms with E-state index in [1.54, 1.807) is 18.2 Å². The Balaban J connectivity index is 2.50. The molecule has 0 unspecified atom stereocenters. The molecule has 1 aromatic heterocycles. The minimum Gasteiger partial charge on any atom is -0.465 e. The van der Waals surface area contributed by atoms with Crippen molar-refractivity contribution in [1.29, 1.82) is 0 Å². The molecule has 1 N–H and O–H groups in total. The van der Waals surface area contributed by atoms with Crippen LogP contribution in [0.25, 0.3) is 10.2 Å². The number of nitrogens with zero attached hydrogens (tertiary/aromatic N) is 1. The molecule has 4 nitrogen and oxygen atoms in total. The molecule has 1 heterocycles. The summed E-state index contributed by atoms with van der Waals surface area (Å²) in [4.78, 5) is 15.4. The summed E-state index contributed by atoms with van der Waals surface area (Å²) >= 11 is 1.41. The number of carbonyl (C=O) groups is 1. The van der Waals surface area contributed by atoms with Crippen LogP contribution in [0.4, 0.5) is 0 Å². The zero-order valence-corrected chi connectivity index (χ0v) is 8.87. The summed E-state index contributed by atoms with van der Waals surface area (Å²) < 4.78 is 5.56. The van der Waals surface area contributed by atoms with E-state index < -0.39 is 0 Å². The molecule has 0 aliphatic rings. The van der Waals surface area contributed by atoms with Crippen molar-refractivity contribution in [3.8, 4) is 0 Å². The summed E-state index contributed by atoms with van der Waals surface area (Å²) in [5.74, 6) is -0.379. The Morgan fingerprint density at radius 1 is 1.60 bits per heavy atom. The molecule has 0 fully saturated rings. The summed E-state index contributed by atoms with van der Waals surface area (Å²) in [7, 11) is 1.34. The van der Waals surface area contributed by atoms with Crippen molar-refractivity contribution in [3.05, 3.63) is 28.8 Å². The van der Waals surface area contributed by atoms with Crippen LogP contribution in [0.3, 0.4) is 0 Å². The molecule has 2 rings (SSSR count). The lowest BCUT2D eigenvalue weighted by Gasteiger charge is -1.97. The van der Waals surface area contributed by atoms with E-state index in [0.717, 1.165) is 4.70 Å². The van der Waals surface area contributed by atoms with E-state index in [9.17, 15) is 4.79 Å². The largest absolute Gasteiger partial charge is 0.465 e. The number of aromatic nitrogens is 1. The minimum atomic E-state index is -0.379. The number of hydrogen-bond donors (Lipinski definition) is 1. The number of thiazole rings is 1. The van der Waals surface area contributed by atoms with Crippen LogP contribution in [0.5, 0.6) is 0 Å². The van der Waals surface area contributed by atoms with E-state index in [-0.39, 0.29) is 12.6 Å². The van der Waals surface area contributed by atoms with Crippen LogP contribution < -0.4 is 0 Å². The third-order valence-electron chi connectivity index (χ3n) is 1.99. The maximum Gasteiger partial charge on any atom is 0.337 e. The van der Waals surface area contributed by atoms with Crippen molar-refractivity contribution < 1.29 is 14.6 Å². The van der Waals surface area contributed by atoms with Crippen LogP contribution in [0, 0.1) is 0 Å². The SMILES string of the molecule is COC(=O)c1ccc2sc(CO)nc2c1. The van der Waals surface area contributed by atoms with E-state index >= 15 is 0 Å². The van der Waals surface area contributed by atoms with E-state index in [4.69, 9.17) is 5.11 Å². The Labute approximate surface area is 90.1 Å². The average molecular weight is 223 g/mol. The van der Waals surface area contributed by atoms with Crippen LogP contribution in [0.15, 0.2) is 18.2 Å². The fourth-order valence-corrected chi connectivity index (χ4v) is 2.10. The van der Waals surface area contributed by atoms with Crippen molar-refractivity contribution in [3.63, 3.8) is 0 Å². The number of benzene rings is 1. The summed E-state index contributed by atoms with van der Waals surface area (Å²) in [5.41, 5.74) is 1.19. The van der Waals surface area contributed by atoms with Crippen LogP contribution in [0.1, 0.15) is 15.4 Å². The fraction of sp³-hybridized carbons (Fsp3) is 0.200. The first-order valence-corrected chi connectivity index (χ1v) is 5.15. The monoisotopic (exact) mass is 223 g/mol. The number of carbonyl (C=O) groups excluding carboxylic acids is 1. The molecule has 0 aliphatic heterocycles. The number of ether oxygens (including phenoxy) is 1. The molecule has 15 heavy (non-hydrogen) atoms. The highest BCUT2D eigenvalue weighted by Crippen LogP contribution is 2.23. The number of aliphatic hydroxyl groups excluding tert-OH is 1. The third-order valence-corrected chi connectivity index (χ3v) is 3.01. The van der Waals surface area contributed by atoms with Crippen molar-refractivity contribution in [2.45, 2.75) is 6.61 Å². The molecule has 2 aromatic rings. The summed E-state index contributed by atoms with van der Waals surface area (Å²) in [6.07, 6.45) is 0. The van der Waals surface area contributed by atoms with Crippen molar-refractivity contribution in [2.24, 2.45) is 0 Å². The second-order valence-electron chi connectivity index (χ2n) is 2.94. The zero-order valence-electron chi connectivity index (χ0n) is 8.06. The molecule has 1 aromatic carbocycles. The van der Waals surface area contributed by atoms with Gasteiger partial charge in [0.1, 0.15) is 5.01 Å². The van der Waals surface area contributed by atoms with Crippen molar-refractivity contribution in [1.82, 2.24) is 4.98 Å². The highest BCUT2D eigenvalue weighted by Gasteiger charge is 2.08. The van der Waals surface area contributed by atoms with Gasteiger partial charge in [-0.25, -0.2) is 9.78 Å². The Bertz CT molecular complexity index is 506. The lowest BCUT2D eigenvalue weighted by atomic mass is 10.2. The predicted octanol–water partition coefficient (Wildman–Crippen LogP) is 1.58. The topological polar surface area (TPSA) is 59.4 Å². The quantitative estimate of drug-likeness (QED) is 0.785. The summed E-state index contributed by atoms with van der Waals surface area (Å²) in [6.45, 7) is -0.0765. The van der Waals surface area contributed by atoms with Gasteiger partial charge in [0.2, 0.25) is 0 Å². The van der Waals surface area contributed by atoms with Gasteiger partial charge in [0, 0.05) is 0 Å². The number of aliphatic hydroxyl groups is 1. The first-order valence-electron chi connectivity index (χ1n) is 4.33. The highest BCUT2D eigenvalue weighted by atomic mass is 32.1. The number of esters is 1. The van der Waals surface area contributed by atoms with Gasteiger partial charge in [-0.1, -0.05) is 0 Å². The standard InChI is InChI=1S/C10H9NO3S/c1-14-10(13)6-2-3-8-7(4-6)11-9(5-12)15-8/h2-4,12H,5H2,1H3. The first kappa shape index (κ1) is 10.1. The van der Waals surface area contributed by atoms with E-state index in [1.165, 1.54) is 18.4 Å². The molecule has 78 valence electrons. The highest BCUT2D eigenvalue weighted by molar-refractivity contribution is 7.18. The van der Waals surface area contributed by atoms with Gasteiger partial charge >= 0.3 is 5.97 Å². The number of fused-ring (bicyclic) bond motifs is 1. The molecule has 0 atom stereocenters. The smallest absolute Gasteiger partial charge is 0.337 e. The molecule has 0 bridgehead atoms. The van der Waals surface area contributed by atoms with Crippen LogP contribution in [-0.2, 0) is 11.3 Å². The Hall–Kier alpha value is -1.46. The van der Waals surface area contributed by atoms with Crippen LogP contribution in [0.2, 0.25) is 0 Å². The van der Waals surface area contributed by atoms with Gasteiger partial charge in [-0.15, -0.1) is 11.3 Å². The molecule has 0 amide bonds. The Morgan fingerprint density at radius 3 is 3.07 bits per heavy atom. The lowest BCUT2D eigenvalue weighted by molar-refractivity contribution is 0.0601. The molecule has 0 radical (unpaired) electrons. The number of hydrogen-bond acceptors (Lipinski definition) is 5. The molecular formula is C10H9NO3S. The van der Waals surface area contributed by atoms with Crippen molar-refractivity contribution in [2.75, 3.05) is 7.11 Å². The zero-order chi connectivity index (χ0) is 10.8. The van der Waals surface area contributed by atoms with E-state index in [1.807, 2.05) is 0 Å². The van der Waals surface area contributed by atoms with E-state index in [2.05, 4.69) is 9.72 Å². The van der Waals surface area contributed by atoms with Gasteiger partial charge < -0.3 is 9.84 Å². The fourth-order valence-electron chi connectivity index (χ4n) is 1.29. The minimum absolute atomic E-state index is 0.0765. The molecule has 0 spiro atoms. The second-order valence-corrected chi connectivity index (χ2v) is 4.06. The molecule has 0 aliphatic carbocycles. The Morgan fingerprint density at radius 2 is 2.40 bits per heavy atom. The molecule has 0 saturated carbocycles. The van der Waals surface area contributed by atoms with E-state index in [0.29, 0.717) is 16.1 Å². The molecule has 5 heteroatoms. The number of rotatable bonds is 2. The molecule has 0 saturated heterocycles.